The van der Waals surface area contributed by atoms with E-state index in [9.17, 15) is 9.59 Å². The Labute approximate surface area is 177 Å². The largest absolute Gasteiger partial charge is 0.444 e. The fraction of sp³-hybridized carbons (Fsp3) is 0.391. The lowest BCUT2D eigenvalue weighted by Crippen LogP contribution is -2.53. The van der Waals surface area contributed by atoms with Crippen LogP contribution in [0.4, 0.5) is 10.5 Å². The van der Waals surface area contributed by atoms with Gasteiger partial charge in [0.15, 0.2) is 0 Å². The molecule has 0 aliphatic heterocycles. The van der Waals surface area contributed by atoms with Crippen LogP contribution in [-0.4, -0.2) is 29.5 Å². The van der Waals surface area contributed by atoms with Crippen molar-refractivity contribution < 1.29 is 14.3 Å². The van der Waals surface area contributed by atoms with E-state index in [-0.39, 0.29) is 17.5 Å². The van der Waals surface area contributed by atoms with Gasteiger partial charge in [0.25, 0.3) is 5.91 Å². The van der Waals surface area contributed by atoms with Crippen LogP contribution >= 0.6 is 11.6 Å². The molecule has 5 nitrogen and oxygen atoms in total. The second kappa shape index (κ2) is 8.07. The third-order valence-corrected chi connectivity index (χ3v) is 5.49. The van der Waals surface area contributed by atoms with Crippen LogP contribution in [0.3, 0.4) is 0 Å². The van der Waals surface area contributed by atoms with Crippen LogP contribution in [0.5, 0.6) is 0 Å². The number of carbonyl (C=O) groups is 2. The number of nitrogens with one attached hydrogen (secondary N) is 1. The predicted molar refractivity (Wildman–Crippen MR) is 115 cm³/mol. The standard InChI is InChI=1S/C23H27ClN2O3/c1-22(2,3)29-21(28)26(4)23(13-6-14-23)17-9-11-19(12-10-17)25-20(27)16-7-5-8-18(24)15-16/h5,7-12,15H,6,13-14H2,1-4H3,(H,25,27). The zero-order valence-corrected chi connectivity index (χ0v) is 18.0. The van der Waals surface area contributed by atoms with Crippen LogP contribution in [0.25, 0.3) is 0 Å². The van der Waals surface area contributed by atoms with Crippen LogP contribution in [0.15, 0.2) is 48.5 Å². The lowest BCUT2D eigenvalue weighted by atomic mass is 9.71. The SMILES string of the molecule is CN(C(=O)OC(C)(C)C)C1(c2ccc(NC(=O)c3cccc(Cl)c3)cc2)CCC1. The number of halogens is 1. The van der Waals surface area contributed by atoms with Gasteiger partial charge in [0, 0.05) is 23.3 Å². The topological polar surface area (TPSA) is 58.6 Å². The predicted octanol–water partition coefficient (Wildman–Crippen LogP) is 5.84. The summed E-state index contributed by atoms with van der Waals surface area (Å²) in [6.07, 6.45) is 2.50. The van der Waals surface area contributed by atoms with Crippen LogP contribution in [0.2, 0.25) is 5.02 Å². The molecule has 29 heavy (non-hydrogen) atoms. The number of hydrogen-bond donors (Lipinski definition) is 1. The van der Waals surface area contributed by atoms with Gasteiger partial charge >= 0.3 is 6.09 Å². The van der Waals surface area contributed by atoms with Gasteiger partial charge < -0.3 is 15.0 Å². The molecule has 6 heteroatoms. The lowest BCUT2D eigenvalue weighted by Gasteiger charge is -2.49. The average molecular weight is 415 g/mol. The number of benzene rings is 2. The molecule has 2 aromatic carbocycles. The summed E-state index contributed by atoms with van der Waals surface area (Å²) in [4.78, 5) is 26.7. The molecule has 3 rings (SSSR count). The fourth-order valence-electron chi connectivity index (χ4n) is 3.53. The first-order chi connectivity index (χ1) is 13.6. The third kappa shape index (κ3) is 4.73. The fourth-order valence-corrected chi connectivity index (χ4v) is 3.72. The maximum absolute atomic E-state index is 12.6. The molecule has 0 atom stereocenters. The van der Waals surface area contributed by atoms with E-state index >= 15 is 0 Å². The second-order valence-electron chi connectivity index (χ2n) is 8.47. The van der Waals surface area contributed by atoms with Gasteiger partial charge in [-0.15, -0.1) is 0 Å². The minimum Gasteiger partial charge on any atom is -0.444 e. The number of anilines is 1. The van der Waals surface area contributed by atoms with Crippen molar-refractivity contribution in [1.29, 1.82) is 0 Å². The van der Waals surface area contributed by atoms with Crippen molar-refractivity contribution in [3.63, 3.8) is 0 Å². The molecule has 0 spiro atoms. The van der Waals surface area contributed by atoms with E-state index < -0.39 is 5.60 Å². The molecule has 0 heterocycles. The van der Waals surface area contributed by atoms with Crippen LogP contribution < -0.4 is 5.32 Å². The number of amides is 2. The minimum absolute atomic E-state index is 0.218. The smallest absolute Gasteiger partial charge is 0.410 e. The molecular formula is C23H27ClN2O3. The first-order valence-corrected chi connectivity index (χ1v) is 10.1. The van der Waals surface area contributed by atoms with Crippen LogP contribution in [0.1, 0.15) is 56.0 Å². The molecule has 0 radical (unpaired) electrons. The van der Waals surface area contributed by atoms with Gasteiger partial charge in [-0.3, -0.25) is 4.79 Å². The zero-order chi connectivity index (χ0) is 21.2. The van der Waals surface area contributed by atoms with Gasteiger partial charge in [-0.1, -0.05) is 29.8 Å². The van der Waals surface area contributed by atoms with Gasteiger partial charge in [0.2, 0.25) is 0 Å². The Bertz CT molecular complexity index is 899. The molecule has 0 saturated heterocycles. The van der Waals surface area contributed by atoms with Crippen molar-refractivity contribution in [3.05, 3.63) is 64.7 Å². The molecule has 154 valence electrons. The van der Waals surface area contributed by atoms with Crippen LogP contribution in [0, 0.1) is 0 Å². The Morgan fingerprint density at radius 3 is 2.28 bits per heavy atom. The van der Waals surface area contributed by atoms with Crippen molar-refractivity contribution in [2.24, 2.45) is 0 Å². The third-order valence-electron chi connectivity index (χ3n) is 5.26. The number of nitrogens with zero attached hydrogens (tertiary/aromatic N) is 1. The van der Waals surface area contributed by atoms with Gasteiger partial charge in [-0.25, -0.2) is 4.79 Å². The average Bonchev–Trinajstić information content (AvgIpc) is 2.60. The molecular weight excluding hydrogens is 388 g/mol. The van der Waals surface area contributed by atoms with Gasteiger partial charge in [-0.05, 0) is 75.9 Å². The normalized spacial score (nSPS) is 15.2. The summed E-state index contributed by atoms with van der Waals surface area (Å²) in [5.41, 5.74) is 1.33. The van der Waals surface area contributed by atoms with Crippen molar-refractivity contribution in [3.8, 4) is 0 Å². The van der Waals surface area contributed by atoms with Gasteiger partial charge in [0.05, 0.1) is 5.54 Å². The van der Waals surface area contributed by atoms with Gasteiger partial charge in [0.1, 0.15) is 5.60 Å². The Balaban J connectivity index is 1.74. The Morgan fingerprint density at radius 2 is 1.76 bits per heavy atom. The van der Waals surface area contributed by atoms with Crippen molar-refractivity contribution in [2.75, 3.05) is 12.4 Å². The molecule has 0 unspecified atom stereocenters. The Morgan fingerprint density at radius 1 is 1.10 bits per heavy atom. The molecule has 1 fully saturated rings. The summed E-state index contributed by atoms with van der Waals surface area (Å²) in [5.74, 6) is -0.218. The molecule has 1 saturated carbocycles. The van der Waals surface area contributed by atoms with Crippen LogP contribution in [-0.2, 0) is 10.3 Å². The molecule has 0 aromatic heterocycles. The highest BCUT2D eigenvalue weighted by Gasteiger charge is 2.45. The molecule has 2 aromatic rings. The summed E-state index contributed by atoms with van der Waals surface area (Å²) in [7, 11) is 1.79. The van der Waals surface area contributed by atoms with Gasteiger partial charge in [-0.2, -0.15) is 0 Å². The zero-order valence-electron chi connectivity index (χ0n) is 17.3. The number of carbonyl (C=O) groups excluding carboxylic acids is 2. The maximum Gasteiger partial charge on any atom is 0.410 e. The molecule has 1 N–H and O–H groups in total. The molecule has 2 amide bonds. The first kappa shape index (κ1) is 21.2. The summed E-state index contributed by atoms with van der Waals surface area (Å²) < 4.78 is 5.56. The quantitative estimate of drug-likeness (QED) is 0.683. The van der Waals surface area contributed by atoms with E-state index in [0.717, 1.165) is 24.8 Å². The van der Waals surface area contributed by atoms with E-state index in [2.05, 4.69) is 5.32 Å². The lowest BCUT2D eigenvalue weighted by molar-refractivity contribution is -0.0183. The summed E-state index contributed by atoms with van der Waals surface area (Å²) in [6.45, 7) is 5.59. The number of rotatable bonds is 4. The molecule has 1 aliphatic carbocycles. The highest BCUT2D eigenvalue weighted by atomic mass is 35.5. The van der Waals surface area contributed by atoms with Crippen molar-refractivity contribution in [2.45, 2.75) is 51.2 Å². The van der Waals surface area contributed by atoms with E-state index in [4.69, 9.17) is 16.3 Å². The Hall–Kier alpha value is -2.53. The van der Waals surface area contributed by atoms with E-state index in [1.54, 1.807) is 36.2 Å². The second-order valence-corrected chi connectivity index (χ2v) is 8.90. The first-order valence-electron chi connectivity index (χ1n) is 9.75. The Kier molecular flexibility index (Phi) is 5.90. The van der Waals surface area contributed by atoms with E-state index in [0.29, 0.717) is 16.3 Å². The summed E-state index contributed by atoms with van der Waals surface area (Å²) >= 11 is 5.96. The summed E-state index contributed by atoms with van der Waals surface area (Å²) in [6, 6.07) is 14.5. The summed E-state index contributed by atoms with van der Waals surface area (Å²) in [5, 5.41) is 3.40. The maximum atomic E-state index is 12.6. The molecule has 1 aliphatic rings. The van der Waals surface area contributed by atoms with E-state index in [1.807, 2.05) is 45.0 Å². The number of hydrogen-bond acceptors (Lipinski definition) is 3. The molecule has 0 bridgehead atoms. The van der Waals surface area contributed by atoms with E-state index in [1.165, 1.54) is 0 Å². The highest BCUT2D eigenvalue weighted by molar-refractivity contribution is 6.31. The number of ether oxygens (including phenoxy) is 1. The minimum atomic E-state index is -0.537. The van der Waals surface area contributed by atoms with Crippen molar-refractivity contribution in [1.82, 2.24) is 4.90 Å². The van der Waals surface area contributed by atoms with Crippen molar-refractivity contribution >= 4 is 29.3 Å². The highest BCUT2D eigenvalue weighted by Crippen LogP contribution is 2.46. The monoisotopic (exact) mass is 414 g/mol.